The number of aryl methyl sites for hydroxylation is 1. The van der Waals surface area contributed by atoms with Gasteiger partial charge in [0.25, 0.3) is 0 Å². The molecule has 16 heavy (non-hydrogen) atoms. The van der Waals surface area contributed by atoms with Crippen LogP contribution in [0.1, 0.15) is 29.5 Å². The van der Waals surface area contributed by atoms with Crippen LogP contribution in [-0.2, 0) is 13.0 Å². The minimum absolute atomic E-state index is 0.324. The molecule has 0 aromatic carbocycles. The summed E-state index contributed by atoms with van der Waals surface area (Å²) in [7, 11) is 0. The number of aromatic carboxylic acids is 1. The van der Waals surface area contributed by atoms with Crippen molar-refractivity contribution in [2.45, 2.75) is 26.3 Å². The van der Waals surface area contributed by atoms with Crippen molar-refractivity contribution in [3.63, 3.8) is 0 Å². The van der Waals surface area contributed by atoms with Crippen LogP contribution < -0.4 is 0 Å². The molecule has 0 saturated carbocycles. The van der Waals surface area contributed by atoms with Crippen LogP contribution in [0.15, 0.2) is 0 Å². The summed E-state index contributed by atoms with van der Waals surface area (Å²) in [5.41, 5.74) is -0.366. The highest BCUT2D eigenvalue weighted by Gasteiger charge is 2.34. The number of rotatable bonds is 2. The fourth-order valence-electron chi connectivity index (χ4n) is 1.99. The van der Waals surface area contributed by atoms with Crippen LogP contribution in [0, 0.1) is 16.0 Å². The van der Waals surface area contributed by atoms with E-state index in [0.29, 0.717) is 24.6 Å². The van der Waals surface area contributed by atoms with Gasteiger partial charge >= 0.3 is 11.7 Å². The summed E-state index contributed by atoms with van der Waals surface area (Å²) in [6.45, 7) is 2.53. The van der Waals surface area contributed by atoms with E-state index in [1.54, 1.807) is 0 Å². The van der Waals surface area contributed by atoms with Crippen molar-refractivity contribution in [1.29, 1.82) is 0 Å². The Balaban J connectivity index is 2.58. The topological polar surface area (TPSA) is 98.3 Å². The zero-order valence-electron chi connectivity index (χ0n) is 8.71. The average molecular weight is 225 g/mol. The highest BCUT2D eigenvalue weighted by Crippen LogP contribution is 2.30. The van der Waals surface area contributed by atoms with Crippen LogP contribution in [0.25, 0.3) is 0 Å². The summed E-state index contributed by atoms with van der Waals surface area (Å²) in [5, 5.41) is 23.5. The summed E-state index contributed by atoms with van der Waals surface area (Å²) in [5.74, 6) is -1.02. The second-order valence-corrected chi connectivity index (χ2v) is 4.03. The number of hydrogen-bond donors (Lipinski definition) is 1. The van der Waals surface area contributed by atoms with Gasteiger partial charge in [0.15, 0.2) is 0 Å². The van der Waals surface area contributed by atoms with Crippen molar-refractivity contribution in [3.05, 3.63) is 21.5 Å². The third-order valence-corrected chi connectivity index (χ3v) is 2.79. The molecule has 1 N–H and O–H groups in total. The summed E-state index contributed by atoms with van der Waals surface area (Å²) in [4.78, 5) is 21.0. The predicted octanol–water partition coefficient (Wildman–Crippen LogP) is 1.07. The highest BCUT2D eigenvalue weighted by molar-refractivity contribution is 5.90. The molecule has 0 aliphatic carbocycles. The molecule has 0 fully saturated rings. The number of aromatic nitrogens is 2. The number of fused-ring (bicyclic) bond motifs is 1. The van der Waals surface area contributed by atoms with E-state index in [-0.39, 0.29) is 5.69 Å². The van der Waals surface area contributed by atoms with Gasteiger partial charge in [-0.25, -0.2) is 4.79 Å². The minimum Gasteiger partial charge on any atom is -0.476 e. The van der Waals surface area contributed by atoms with Crippen molar-refractivity contribution < 1.29 is 14.8 Å². The van der Waals surface area contributed by atoms with E-state index >= 15 is 0 Å². The largest absolute Gasteiger partial charge is 0.476 e. The van der Waals surface area contributed by atoms with E-state index in [9.17, 15) is 14.9 Å². The van der Waals surface area contributed by atoms with Gasteiger partial charge in [0.1, 0.15) is 5.69 Å². The van der Waals surface area contributed by atoms with Gasteiger partial charge in [-0.15, -0.1) is 0 Å². The maximum Gasteiger partial charge on any atom is 0.363 e. The Morgan fingerprint density at radius 2 is 2.38 bits per heavy atom. The lowest BCUT2D eigenvalue weighted by Gasteiger charge is -2.18. The predicted molar refractivity (Wildman–Crippen MR) is 53.3 cm³/mol. The first-order valence-electron chi connectivity index (χ1n) is 4.98. The standard InChI is InChI=1S/C9H11N3O4/c1-5-2-3-11-6(4-5)8(12(15)16)7(10-11)9(13)14/h5H,2-4H2,1H3,(H,13,14)/t5-/m1/s1. The van der Waals surface area contributed by atoms with Gasteiger partial charge in [0.2, 0.25) is 5.69 Å². The first-order valence-corrected chi connectivity index (χ1v) is 4.98. The van der Waals surface area contributed by atoms with Crippen molar-refractivity contribution in [1.82, 2.24) is 9.78 Å². The molecule has 0 bridgehead atoms. The van der Waals surface area contributed by atoms with Crippen molar-refractivity contribution >= 4 is 11.7 Å². The summed E-state index contributed by atoms with van der Waals surface area (Å²) in [6.07, 6.45) is 1.38. The number of nitro groups is 1. The Hall–Kier alpha value is -1.92. The van der Waals surface area contributed by atoms with E-state index in [4.69, 9.17) is 5.11 Å². The van der Waals surface area contributed by atoms with E-state index in [0.717, 1.165) is 6.42 Å². The van der Waals surface area contributed by atoms with E-state index in [2.05, 4.69) is 5.10 Å². The van der Waals surface area contributed by atoms with Crippen LogP contribution in [0.5, 0.6) is 0 Å². The lowest BCUT2D eigenvalue weighted by Crippen LogP contribution is -2.18. The fraction of sp³-hybridized carbons (Fsp3) is 0.556. The molecular weight excluding hydrogens is 214 g/mol. The quantitative estimate of drug-likeness (QED) is 0.599. The zero-order chi connectivity index (χ0) is 11.9. The molecule has 1 aliphatic rings. The summed E-state index contributed by atoms with van der Waals surface area (Å²) >= 11 is 0. The van der Waals surface area contributed by atoms with E-state index in [1.165, 1.54) is 4.68 Å². The maximum atomic E-state index is 10.9. The number of hydrogen-bond acceptors (Lipinski definition) is 4. The lowest BCUT2D eigenvalue weighted by molar-refractivity contribution is -0.386. The molecule has 7 heteroatoms. The Morgan fingerprint density at radius 1 is 1.69 bits per heavy atom. The van der Waals surface area contributed by atoms with Crippen LogP contribution >= 0.6 is 0 Å². The van der Waals surface area contributed by atoms with Crippen molar-refractivity contribution in [3.8, 4) is 0 Å². The van der Waals surface area contributed by atoms with Gasteiger partial charge in [-0.05, 0) is 18.8 Å². The Kier molecular flexibility index (Phi) is 2.37. The van der Waals surface area contributed by atoms with Crippen LogP contribution in [0.2, 0.25) is 0 Å². The smallest absolute Gasteiger partial charge is 0.363 e. The van der Waals surface area contributed by atoms with Gasteiger partial charge in [0, 0.05) is 6.54 Å². The second-order valence-electron chi connectivity index (χ2n) is 4.03. The zero-order valence-corrected chi connectivity index (χ0v) is 8.71. The van der Waals surface area contributed by atoms with E-state index < -0.39 is 16.6 Å². The van der Waals surface area contributed by atoms with Gasteiger partial charge < -0.3 is 5.11 Å². The van der Waals surface area contributed by atoms with Crippen LogP contribution in [0.3, 0.4) is 0 Å². The number of carbonyl (C=O) groups is 1. The van der Waals surface area contributed by atoms with Crippen molar-refractivity contribution in [2.75, 3.05) is 0 Å². The molecule has 7 nitrogen and oxygen atoms in total. The molecule has 0 spiro atoms. The molecule has 2 rings (SSSR count). The van der Waals surface area contributed by atoms with Gasteiger partial charge in [0.05, 0.1) is 4.92 Å². The van der Waals surface area contributed by atoms with Crippen LogP contribution in [0.4, 0.5) is 5.69 Å². The second kappa shape index (κ2) is 3.58. The summed E-state index contributed by atoms with van der Waals surface area (Å²) in [6, 6.07) is 0. The molecule has 2 heterocycles. The normalized spacial score (nSPS) is 19.2. The molecule has 1 aromatic rings. The molecule has 0 amide bonds. The Bertz CT molecular complexity index is 466. The van der Waals surface area contributed by atoms with Crippen molar-refractivity contribution in [2.24, 2.45) is 5.92 Å². The SMILES string of the molecule is C[C@@H]1CCn2nc(C(=O)O)c([N+](=O)[O-])c2C1. The highest BCUT2D eigenvalue weighted by atomic mass is 16.6. The number of nitrogens with zero attached hydrogens (tertiary/aromatic N) is 3. The van der Waals surface area contributed by atoms with E-state index in [1.807, 2.05) is 6.92 Å². The molecule has 86 valence electrons. The summed E-state index contributed by atoms with van der Waals surface area (Å²) < 4.78 is 1.45. The third kappa shape index (κ3) is 1.54. The lowest BCUT2D eigenvalue weighted by atomic mass is 9.97. The first-order chi connectivity index (χ1) is 7.50. The Labute approximate surface area is 90.8 Å². The minimum atomic E-state index is -1.35. The Morgan fingerprint density at radius 3 is 2.94 bits per heavy atom. The third-order valence-electron chi connectivity index (χ3n) is 2.79. The fourth-order valence-corrected chi connectivity index (χ4v) is 1.99. The first kappa shape index (κ1) is 10.6. The molecular formula is C9H11N3O4. The molecule has 0 saturated heterocycles. The molecule has 1 aromatic heterocycles. The van der Waals surface area contributed by atoms with Gasteiger partial charge in [-0.2, -0.15) is 5.10 Å². The molecule has 1 aliphatic heterocycles. The monoisotopic (exact) mass is 225 g/mol. The number of carboxylic acid groups (broad SMARTS) is 1. The molecule has 1 atom stereocenters. The molecule has 0 radical (unpaired) electrons. The maximum absolute atomic E-state index is 10.9. The average Bonchev–Trinajstić information content (AvgIpc) is 2.55. The van der Waals surface area contributed by atoms with Gasteiger partial charge in [-0.3, -0.25) is 14.8 Å². The molecule has 0 unspecified atom stereocenters. The number of carboxylic acids is 1. The van der Waals surface area contributed by atoms with Gasteiger partial charge in [-0.1, -0.05) is 6.92 Å². The van der Waals surface area contributed by atoms with Crippen LogP contribution in [-0.4, -0.2) is 25.8 Å².